The zero-order valence-electron chi connectivity index (χ0n) is 12.3. The first-order valence-corrected chi connectivity index (χ1v) is 8.11. The van der Waals surface area contributed by atoms with E-state index < -0.39 is 0 Å². The van der Waals surface area contributed by atoms with Gasteiger partial charge in [-0.3, -0.25) is 4.90 Å². The number of nitrogens with one attached hydrogen (secondary N) is 1. The monoisotopic (exact) mass is 250 g/mol. The van der Waals surface area contributed by atoms with Gasteiger partial charge in [-0.25, -0.2) is 0 Å². The van der Waals surface area contributed by atoms with Gasteiger partial charge in [-0.2, -0.15) is 0 Å². The maximum atomic E-state index is 3.72. The Hall–Kier alpha value is -0.0800. The summed E-state index contributed by atoms with van der Waals surface area (Å²) in [7, 11) is 0. The van der Waals surface area contributed by atoms with Crippen molar-refractivity contribution in [2.75, 3.05) is 19.6 Å². The van der Waals surface area contributed by atoms with Gasteiger partial charge in [0.1, 0.15) is 0 Å². The lowest BCUT2D eigenvalue weighted by Crippen LogP contribution is -2.49. The number of piperidine rings is 1. The van der Waals surface area contributed by atoms with Crippen LogP contribution < -0.4 is 5.32 Å². The van der Waals surface area contributed by atoms with Crippen LogP contribution in [0.5, 0.6) is 0 Å². The standard InChI is InChI=1S/C16H30N2/c1-16(2,11-17-14-8-9-14)12-18-10-4-6-13-5-3-7-15(13)18/h13-15,17H,3-12H2,1-2H3. The summed E-state index contributed by atoms with van der Waals surface area (Å²) < 4.78 is 0. The van der Waals surface area contributed by atoms with Crippen molar-refractivity contribution in [1.82, 2.24) is 10.2 Å². The molecule has 2 heteroatoms. The lowest BCUT2D eigenvalue weighted by molar-refractivity contribution is 0.0710. The second-order valence-corrected chi connectivity index (χ2v) is 7.69. The molecule has 3 rings (SSSR count). The van der Waals surface area contributed by atoms with E-state index in [0.29, 0.717) is 5.41 Å². The predicted octanol–water partition coefficient (Wildman–Crippen LogP) is 3.03. The molecule has 0 aromatic heterocycles. The molecule has 1 N–H and O–H groups in total. The Labute approximate surface area is 113 Å². The smallest absolute Gasteiger partial charge is 0.0124 e. The fourth-order valence-corrected chi connectivity index (χ4v) is 4.07. The largest absolute Gasteiger partial charge is 0.313 e. The fraction of sp³-hybridized carbons (Fsp3) is 1.00. The summed E-state index contributed by atoms with van der Waals surface area (Å²) in [4.78, 5) is 2.83. The highest BCUT2D eigenvalue weighted by atomic mass is 15.2. The van der Waals surface area contributed by atoms with Gasteiger partial charge in [-0.05, 0) is 56.4 Å². The van der Waals surface area contributed by atoms with Crippen molar-refractivity contribution >= 4 is 0 Å². The Kier molecular flexibility index (Phi) is 3.68. The van der Waals surface area contributed by atoms with Crippen LogP contribution in [0.1, 0.15) is 58.8 Å². The molecule has 104 valence electrons. The molecule has 2 unspecified atom stereocenters. The average molecular weight is 250 g/mol. The summed E-state index contributed by atoms with van der Waals surface area (Å²) >= 11 is 0. The molecule has 1 saturated heterocycles. The molecule has 18 heavy (non-hydrogen) atoms. The van der Waals surface area contributed by atoms with Gasteiger partial charge >= 0.3 is 0 Å². The van der Waals surface area contributed by atoms with Gasteiger partial charge in [0.15, 0.2) is 0 Å². The molecule has 0 bridgehead atoms. The Bertz CT molecular complexity index is 283. The van der Waals surface area contributed by atoms with Crippen LogP contribution in [0.2, 0.25) is 0 Å². The molecular formula is C16H30N2. The number of hydrogen-bond donors (Lipinski definition) is 1. The number of hydrogen-bond acceptors (Lipinski definition) is 2. The number of nitrogens with zero attached hydrogens (tertiary/aromatic N) is 1. The minimum atomic E-state index is 0.438. The normalized spacial score (nSPS) is 33.7. The fourth-order valence-electron chi connectivity index (χ4n) is 4.07. The van der Waals surface area contributed by atoms with Gasteiger partial charge in [-0.1, -0.05) is 20.3 Å². The molecule has 0 amide bonds. The van der Waals surface area contributed by atoms with Crippen LogP contribution in [0.3, 0.4) is 0 Å². The van der Waals surface area contributed by atoms with Crippen LogP contribution in [-0.2, 0) is 0 Å². The van der Waals surface area contributed by atoms with E-state index in [1.807, 2.05) is 0 Å². The van der Waals surface area contributed by atoms with Gasteiger partial charge < -0.3 is 5.32 Å². The Morgan fingerprint density at radius 1 is 1.06 bits per heavy atom. The molecule has 2 atom stereocenters. The highest BCUT2D eigenvalue weighted by Crippen LogP contribution is 2.38. The summed E-state index contributed by atoms with van der Waals surface area (Å²) in [5.74, 6) is 1.03. The van der Waals surface area contributed by atoms with Crippen molar-refractivity contribution < 1.29 is 0 Å². The highest BCUT2D eigenvalue weighted by Gasteiger charge is 2.37. The molecule has 1 heterocycles. The van der Waals surface area contributed by atoms with E-state index in [0.717, 1.165) is 18.0 Å². The summed E-state index contributed by atoms with van der Waals surface area (Å²) in [6.45, 7) is 8.75. The molecule has 1 aliphatic heterocycles. The molecular weight excluding hydrogens is 220 g/mol. The maximum absolute atomic E-state index is 3.72. The van der Waals surface area contributed by atoms with Crippen molar-refractivity contribution in [3.05, 3.63) is 0 Å². The van der Waals surface area contributed by atoms with Gasteiger partial charge in [-0.15, -0.1) is 0 Å². The van der Waals surface area contributed by atoms with Gasteiger partial charge in [0.05, 0.1) is 0 Å². The Balaban J connectivity index is 1.52. The van der Waals surface area contributed by atoms with Crippen LogP contribution >= 0.6 is 0 Å². The van der Waals surface area contributed by atoms with Crippen molar-refractivity contribution in [1.29, 1.82) is 0 Å². The summed E-state index contributed by atoms with van der Waals surface area (Å²) in [6, 6.07) is 1.78. The van der Waals surface area contributed by atoms with Crippen LogP contribution in [0.15, 0.2) is 0 Å². The highest BCUT2D eigenvalue weighted by molar-refractivity contribution is 4.92. The molecule has 2 aliphatic carbocycles. The lowest BCUT2D eigenvalue weighted by Gasteiger charge is -2.42. The van der Waals surface area contributed by atoms with E-state index in [1.165, 1.54) is 64.6 Å². The first-order chi connectivity index (χ1) is 8.64. The van der Waals surface area contributed by atoms with Gasteiger partial charge in [0.25, 0.3) is 0 Å². The number of rotatable bonds is 5. The van der Waals surface area contributed by atoms with Crippen LogP contribution in [0, 0.1) is 11.3 Å². The molecule has 2 saturated carbocycles. The first-order valence-electron chi connectivity index (χ1n) is 8.11. The molecule has 3 fully saturated rings. The minimum Gasteiger partial charge on any atom is -0.313 e. The quantitative estimate of drug-likeness (QED) is 0.807. The average Bonchev–Trinajstić information content (AvgIpc) is 3.03. The Morgan fingerprint density at radius 2 is 1.83 bits per heavy atom. The number of likely N-dealkylation sites (tertiary alicyclic amines) is 1. The molecule has 2 nitrogen and oxygen atoms in total. The molecule has 0 radical (unpaired) electrons. The zero-order valence-corrected chi connectivity index (χ0v) is 12.3. The minimum absolute atomic E-state index is 0.438. The first kappa shape index (κ1) is 12.9. The van der Waals surface area contributed by atoms with Crippen molar-refractivity contribution in [2.45, 2.75) is 70.9 Å². The maximum Gasteiger partial charge on any atom is 0.0124 e. The SMILES string of the molecule is CC(C)(CNC1CC1)CN1CCCC2CCCC21. The third kappa shape index (κ3) is 3.08. The van der Waals surface area contributed by atoms with E-state index in [2.05, 4.69) is 24.1 Å². The zero-order chi connectivity index (χ0) is 12.6. The van der Waals surface area contributed by atoms with Gasteiger partial charge in [0, 0.05) is 25.2 Å². The third-order valence-electron chi connectivity index (χ3n) is 5.19. The van der Waals surface area contributed by atoms with E-state index >= 15 is 0 Å². The van der Waals surface area contributed by atoms with E-state index in [1.54, 1.807) is 0 Å². The molecule has 0 spiro atoms. The van der Waals surface area contributed by atoms with Crippen molar-refractivity contribution in [2.24, 2.45) is 11.3 Å². The lowest BCUT2D eigenvalue weighted by atomic mass is 9.87. The topological polar surface area (TPSA) is 15.3 Å². The van der Waals surface area contributed by atoms with E-state index in [9.17, 15) is 0 Å². The second kappa shape index (κ2) is 5.13. The Morgan fingerprint density at radius 3 is 2.61 bits per heavy atom. The molecule has 0 aromatic carbocycles. The van der Waals surface area contributed by atoms with Crippen LogP contribution in [-0.4, -0.2) is 36.6 Å². The summed E-state index contributed by atoms with van der Waals surface area (Å²) in [6.07, 6.45) is 10.2. The second-order valence-electron chi connectivity index (χ2n) is 7.69. The summed E-state index contributed by atoms with van der Waals surface area (Å²) in [5, 5.41) is 3.72. The van der Waals surface area contributed by atoms with Crippen LogP contribution in [0.4, 0.5) is 0 Å². The van der Waals surface area contributed by atoms with E-state index in [4.69, 9.17) is 0 Å². The van der Waals surface area contributed by atoms with Crippen molar-refractivity contribution in [3.8, 4) is 0 Å². The van der Waals surface area contributed by atoms with Crippen molar-refractivity contribution in [3.63, 3.8) is 0 Å². The third-order valence-corrected chi connectivity index (χ3v) is 5.19. The summed E-state index contributed by atoms with van der Waals surface area (Å²) in [5.41, 5.74) is 0.438. The number of fused-ring (bicyclic) bond motifs is 1. The van der Waals surface area contributed by atoms with Gasteiger partial charge in [0.2, 0.25) is 0 Å². The predicted molar refractivity (Wildman–Crippen MR) is 76.7 cm³/mol. The molecule has 3 aliphatic rings. The molecule has 0 aromatic rings. The van der Waals surface area contributed by atoms with E-state index in [-0.39, 0.29) is 0 Å². The van der Waals surface area contributed by atoms with Crippen LogP contribution in [0.25, 0.3) is 0 Å².